The van der Waals surface area contributed by atoms with E-state index in [1.807, 2.05) is 82.3 Å². The number of aryl methyl sites for hydroxylation is 1. The monoisotopic (exact) mass is 382 g/mol. The number of nitrogens with zero attached hydrogens (tertiary/aromatic N) is 1. The van der Waals surface area contributed by atoms with Gasteiger partial charge in [0, 0.05) is 12.6 Å². The first-order valence-electron chi connectivity index (χ1n) is 9.74. The number of rotatable bonds is 9. The lowest BCUT2D eigenvalue weighted by Gasteiger charge is -2.31. The zero-order valence-electron chi connectivity index (χ0n) is 17.1. The van der Waals surface area contributed by atoms with Crippen LogP contribution in [0.2, 0.25) is 0 Å². The Kier molecular flexibility index (Phi) is 8.05. The van der Waals surface area contributed by atoms with Crippen LogP contribution in [0.3, 0.4) is 0 Å². The Morgan fingerprint density at radius 1 is 1.04 bits per heavy atom. The fourth-order valence-electron chi connectivity index (χ4n) is 3.02. The Labute approximate surface area is 167 Å². The molecule has 0 aliphatic carbocycles. The van der Waals surface area contributed by atoms with Gasteiger partial charge in [0.25, 0.3) is 5.91 Å². The third-order valence-corrected chi connectivity index (χ3v) is 4.52. The van der Waals surface area contributed by atoms with Crippen LogP contribution in [0.5, 0.6) is 5.75 Å². The van der Waals surface area contributed by atoms with Gasteiger partial charge in [-0.05, 0) is 50.5 Å². The third-order valence-electron chi connectivity index (χ3n) is 4.52. The average Bonchev–Trinajstić information content (AvgIpc) is 2.67. The first-order chi connectivity index (χ1) is 13.4. The Balaban J connectivity index is 2.22. The second kappa shape index (κ2) is 10.5. The van der Waals surface area contributed by atoms with Crippen LogP contribution < -0.4 is 10.1 Å². The topological polar surface area (TPSA) is 58.6 Å². The van der Waals surface area contributed by atoms with Crippen molar-refractivity contribution < 1.29 is 14.3 Å². The number of carbonyl (C=O) groups excluding carboxylic acids is 2. The molecule has 0 aliphatic heterocycles. The summed E-state index contributed by atoms with van der Waals surface area (Å²) in [5.41, 5.74) is 2.11. The van der Waals surface area contributed by atoms with E-state index < -0.39 is 6.04 Å². The summed E-state index contributed by atoms with van der Waals surface area (Å²) in [4.78, 5) is 27.4. The largest absolute Gasteiger partial charge is 0.484 e. The SMILES string of the molecule is CC[C@H](C(=O)NC(C)C)N(Cc1ccccc1C)C(=O)COc1ccccc1. The predicted molar refractivity (Wildman–Crippen MR) is 111 cm³/mol. The van der Waals surface area contributed by atoms with Crippen molar-refractivity contribution in [2.45, 2.75) is 52.7 Å². The summed E-state index contributed by atoms with van der Waals surface area (Å²) in [5.74, 6) is 0.281. The molecule has 2 aromatic rings. The van der Waals surface area contributed by atoms with E-state index in [0.717, 1.165) is 11.1 Å². The molecule has 0 aliphatic rings. The summed E-state index contributed by atoms with van der Waals surface area (Å²) in [6, 6.07) is 16.6. The second-order valence-electron chi connectivity index (χ2n) is 7.14. The summed E-state index contributed by atoms with van der Waals surface area (Å²) < 4.78 is 5.65. The zero-order chi connectivity index (χ0) is 20.5. The number of carbonyl (C=O) groups is 2. The lowest BCUT2D eigenvalue weighted by Crippen LogP contribution is -2.51. The Bertz CT molecular complexity index is 774. The van der Waals surface area contributed by atoms with Crippen molar-refractivity contribution in [2.24, 2.45) is 0 Å². The fourth-order valence-corrected chi connectivity index (χ4v) is 3.02. The molecule has 0 heterocycles. The highest BCUT2D eigenvalue weighted by molar-refractivity contribution is 5.88. The van der Waals surface area contributed by atoms with Gasteiger partial charge in [0.05, 0.1) is 0 Å². The molecule has 1 atom stereocenters. The highest BCUT2D eigenvalue weighted by Crippen LogP contribution is 2.16. The van der Waals surface area contributed by atoms with E-state index >= 15 is 0 Å². The smallest absolute Gasteiger partial charge is 0.261 e. The van der Waals surface area contributed by atoms with Crippen molar-refractivity contribution in [3.8, 4) is 5.75 Å². The Morgan fingerprint density at radius 3 is 2.29 bits per heavy atom. The number of hydrogen-bond acceptors (Lipinski definition) is 3. The maximum Gasteiger partial charge on any atom is 0.261 e. The van der Waals surface area contributed by atoms with Crippen molar-refractivity contribution in [3.63, 3.8) is 0 Å². The molecule has 28 heavy (non-hydrogen) atoms. The van der Waals surface area contributed by atoms with Gasteiger partial charge in [-0.15, -0.1) is 0 Å². The van der Waals surface area contributed by atoms with E-state index in [1.165, 1.54) is 0 Å². The molecule has 2 rings (SSSR count). The highest BCUT2D eigenvalue weighted by atomic mass is 16.5. The van der Waals surface area contributed by atoms with Gasteiger partial charge in [-0.3, -0.25) is 9.59 Å². The van der Waals surface area contributed by atoms with Crippen LogP contribution in [0.25, 0.3) is 0 Å². The van der Waals surface area contributed by atoms with Crippen molar-refractivity contribution in [3.05, 3.63) is 65.7 Å². The van der Waals surface area contributed by atoms with Gasteiger partial charge in [-0.2, -0.15) is 0 Å². The van der Waals surface area contributed by atoms with E-state index in [2.05, 4.69) is 5.32 Å². The van der Waals surface area contributed by atoms with E-state index in [4.69, 9.17) is 4.74 Å². The maximum atomic E-state index is 13.0. The van der Waals surface area contributed by atoms with E-state index in [9.17, 15) is 9.59 Å². The molecule has 0 fully saturated rings. The first-order valence-corrected chi connectivity index (χ1v) is 9.74. The molecule has 0 saturated carbocycles. The molecule has 0 bridgehead atoms. The summed E-state index contributed by atoms with van der Waals surface area (Å²) >= 11 is 0. The standard InChI is InChI=1S/C23H30N2O3/c1-5-21(23(27)24-17(2)3)25(15-19-12-10-9-11-18(19)4)22(26)16-28-20-13-7-6-8-14-20/h6-14,17,21H,5,15-16H2,1-4H3,(H,24,27)/t21-/m1/s1. The third kappa shape index (κ3) is 6.12. The Hall–Kier alpha value is -2.82. The number of ether oxygens (including phenoxy) is 1. The van der Waals surface area contributed by atoms with Gasteiger partial charge in [0.2, 0.25) is 5.91 Å². The normalized spacial score (nSPS) is 11.8. The van der Waals surface area contributed by atoms with Crippen molar-refractivity contribution >= 4 is 11.8 Å². The van der Waals surface area contributed by atoms with Crippen LogP contribution in [0.15, 0.2) is 54.6 Å². The molecule has 1 N–H and O–H groups in total. The molecule has 0 aromatic heterocycles. The van der Waals surface area contributed by atoms with Crippen molar-refractivity contribution in [2.75, 3.05) is 6.61 Å². The minimum Gasteiger partial charge on any atom is -0.484 e. The lowest BCUT2D eigenvalue weighted by molar-refractivity contribution is -0.143. The van der Waals surface area contributed by atoms with Gasteiger partial charge in [0.1, 0.15) is 11.8 Å². The summed E-state index contributed by atoms with van der Waals surface area (Å²) in [7, 11) is 0. The minimum absolute atomic E-state index is 0.0116. The summed E-state index contributed by atoms with van der Waals surface area (Å²) in [6.07, 6.45) is 0.529. The molecule has 0 unspecified atom stereocenters. The number of nitrogens with one attached hydrogen (secondary N) is 1. The van der Waals surface area contributed by atoms with E-state index in [1.54, 1.807) is 4.90 Å². The van der Waals surface area contributed by atoms with Gasteiger partial charge >= 0.3 is 0 Å². The fraction of sp³-hybridized carbons (Fsp3) is 0.391. The molecule has 5 heteroatoms. The zero-order valence-corrected chi connectivity index (χ0v) is 17.1. The molecule has 0 radical (unpaired) electrons. The molecule has 5 nitrogen and oxygen atoms in total. The number of benzene rings is 2. The van der Waals surface area contributed by atoms with Crippen LogP contribution in [0, 0.1) is 6.92 Å². The lowest BCUT2D eigenvalue weighted by atomic mass is 10.1. The van der Waals surface area contributed by atoms with Gasteiger partial charge < -0.3 is 15.0 Å². The average molecular weight is 383 g/mol. The van der Waals surface area contributed by atoms with Crippen molar-refractivity contribution in [1.82, 2.24) is 10.2 Å². The second-order valence-corrected chi connectivity index (χ2v) is 7.14. The number of para-hydroxylation sites is 1. The molecular formula is C23H30N2O3. The molecule has 150 valence electrons. The van der Waals surface area contributed by atoms with E-state index in [0.29, 0.717) is 18.7 Å². The highest BCUT2D eigenvalue weighted by Gasteiger charge is 2.29. The molecular weight excluding hydrogens is 352 g/mol. The van der Waals surface area contributed by atoms with Gasteiger partial charge in [-0.1, -0.05) is 49.4 Å². The van der Waals surface area contributed by atoms with Crippen LogP contribution in [0.4, 0.5) is 0 Å². The van der Waals surface area contributed by atoms with Crippen LogP contribution >= 0.6 is 0 Å². The Morgan fingerprint density at radius 2 is 1.68 bits per heavy atom. The maximum absolute atomic E-state index is 13.0. The van der Waals surface area contributed by atoms with E-state index in [-0.39, 0.29) is 24.5 Å². The van der Waals surface area contributed by atoms with Gasteiger partial charge in [0.15, 0.2) is 6.61 Å². The molecule has 2 amide bonds. The first kappa shape index (κ1) is 21.5. The van der Waals surface area contributed by atoms with Crippen LogP contribution in [-0.2, 0) is 16.1 Å². The van der Waals surface area contributed by atoms with Crippen molar-refractivity contribution in [1.29, 1.82) is 0 Å². The summed E-state index contributed by atoms with van der Waals surface area (Å²) in [6.45, 7) is 8.01. The predicted octanol–water partition coefficient (Wildman–Crippen LogP) is 3.71. The molecule has 0 spiro atoms. The van der Waals surface area contributed by atoms with Crippen LogP contribution in [-0.4, -0.2) is 35.4 Å². The number of amides is 2. The van der Waals surface area contributed by atoms with Crippen LogP contribution in [0.1, 0.15) is 38.3 Å². The minimum atomic E-state index is -0.547. The molecule has 2 aromatic carbocycles. The number of hydrogen-bond donors (Lipinski definition) is 1. The molecule has 0 saturated heterocycles. The quantitative estimate of drug-likeness (QED) is 0.719. The van der Waals surface area contributed by atoms with Gasteiger partial charge in [-0.25, -0.2) is 0 Å². The summed E-state index contributed by atoms with van der Waals surface area (Å²) in [5, 5.41) is 2.93.